The molecule has 1 N–H and O–H groups in total. The second-order valence-corrected chi connectivity index (χ2v) is 4.59. The predicted molar refractivity (Wildman–Crippen MR) is 90.4 cm³/mol. The number of hydrogen-bond donors (Lipinski definition) is 1. The second kappa shape index (κ2) is 7.82. The van der Waals surface area contributed by atoms with Crippen molar-refractivity contribution in [3.05, 3.63) is 52.1 Å². The van der Waals surface area contributed by atoms with Crippen LogP contribution in [0.1, 0.15) is 5.56 Å². The van der Waals surface area contributed by atoms with E-state index >= 15 is 0 Å². The number of nitro groups is 1. The first-order valence-electron chi connectivity index (χ1n) is 6.93. The Morgan fingerprint density at radius 2 is 1.67 bits per heavy atom. The van der Waals surface area contributed by atoms with E-state index in [1.807, 2.05) is 0 Å². The van der Waals surface area contributed by atoms with E-state index in [9.17, 15) is 10.1 Å². The van der Waals surface area contributed by atoms with Gasteiger partial charge in [-0.15, -0.1) is 0 Å². The zero-order valence-corrected chi connectivity index (χ0v) is 13.5. The number of nitrogens with zero attached hydrogens (tertiary/aromatic N) is 2. The third-order valence-corrected chi connectivity index (χ3v) is 3.23. The van der Waals surface area contributed by atoms with E-state index in [1.165, 1.54) is 33.6 Å². The lowest BCUT2D eigenvalue weighted by Crippen LogP contribution is -1.99. The van der Waals surface area contributed by atoms with Gasteiger partial charge in [-0.05, 0) is 12.1 Å². The minimum atomic E-state index is -0.477. The van der Waals surface area contributed by atoms with Crippen LogP contribution in [0.15, 0.2) is 41.5 Å². The summed E-state index contributed by atoms with van der Waals surface area (Å²) in [5.41, 5.74) is 3.52. The molecule has 8 nitrogen and oxygen atoms in total. The molecule has 2 aromatic rings. The van der Waals surface area contributed by atoms with Gasteiger partial charge in [0, 0.05) is 17.7 Å². The summed E-state index contributed by atoms with van der Waals surface area (Å²) >= 11 is 0. The van der Waals surface area contributed by atoms with E-state index in [2.05, 4.69) is 10.5 Å². The molecule has 0 aliphatic heterocycles. The maximum Gasteiger partial charge on any atom is 0.294 e. The maximum atomic E-state index is 11.0. The molecule has 126 valence electrons. The minimum Gasteiger partial charge on any atom is -0.496 e. The highest BCUT2D eigenvalue weighted by molar-refractivity contribution is 5.86. The lowest BCUT2D eigenvalue weighted by atomic mass is 10.2. The lowest BCUT2D eigenvalue weighted by molar-refractivity contribution is -0.384. The van der Waals surface area contributed by atoms with Crippen molar-refractivity contribution in [2.24, 2.45) is 5.10 Å². The van der Waals surface area contributed by atoms with E-state index in [1.54, 1.807) is 30.3 Å². The molecule has 0 atom stereocenters. The topological polar surface area (TPSA) is 95.2 Å². The molecule has 0 unspecified atom stereocenters. The number of nitro benzene ring substituents is 1. The van der Waals surface area contributed by atoms with Crippen LogP contribution in [-0.4, -0.2) is 32.5 Å². The Hall–Kier alpha value is -3.29. The Morgan fingerprint density at radius 3 is 2.29 bits per heavy atom. The van der Waals surface area contributed by atoms with Crippen molar-refractivity contribution in [3.63, 3.8) is 0 Å². The van der Waals surface area contributed by atoms with E-state index in [0.29, 0.717) is 22.8 Å². The summed E-state index contributed by atoms with van der Waals surface area (Å²) < 4.78 is 15.7. The van der Waals surface area contributed by atoms with Crippen LogP contribution in [-0.2, 0) is 0 Å². The van der Waals surface area contributed by atoms with Crippen molar-refractivity contribution in [2.75, 3.05) is 26.8 Å². The molecule has 0 heterocycles. The highest BCUT2D eigenvalue weighted by Gasteiger charge is 2.12. The fourth-order valence-electron chi connectivity index (χ4n) is 2.05. The number of methoxy groups -OCH3 is 3. The van der Waals surface area contributed by atoms with Crippen molar-refractivity contribution < 1.29 is 19.1 Å². The van der Waals surface area contributed by atoms with Crippen molar-refractivity contribution in [1.82, 2.24) is 0 Å². The average molecular weight is 331 g/mol. The number of ether oxygens (including phenoxy) is 3. The highest BCUT2D eigenvalue weighted by Crippen LogP contribution is 2.33. The fraction of sp³-hybridized carbons (Fsp3) is 0.188. The van der Waals surface area contributed by atoms with Gasteiger partial charge in [0.15, 0.2) is 11.5 Å². The van der Waals surface area contributed by atoms with Crippen LogP contribution >= 0.6 is 0 Å². The van der Waals surface area contributed by atoms with Gasteiger partial charge in [-0.3, -0.25) is 15.5 Å². The molecule has 0 radical (unpaired) electrons. The average Bonchev–Trinajstić information content (AvgIpc) is 2.61. The number of anilines is 1. The molecule has 0 aromatic heterocycles. The molecule has 2 rings (SSSR count). The van der Waals surface area contributed by atoms with Crippen LogP contribution in [0.5, 0.6) is 17.2 Å². The molecule has 0 aliphatic rings. The van der Waals surface area contributed by atoms with Gasteiger partial charge in [-0.2, -0.15) is 5.10 Å². The summed E-state index contributed by atoms with van der Waals surface area (Å²) in [4.78, 5) is 10.5. The predicted octanol–water partition coefficient (Wildman–Crippen LogP) is 3.07. The largest absolute Gasteiger partial charge is 0.496 e. The molecule has 0 amide bonds. The number of para-hydroxylation sites is 2. The van der Waals surface area contributed by atoms with Gasteiger partial charge >= 0.3 is 0 Å². The fourth-order valence-corrected chi connectivity index (χ4v) is 2.05. The van der Waals surface area contributed by atoms with Crippen LogP contribution in [0.3, 0.4) is 0 Å². The quantitative estimate of drug-likeness (QED) is 0.476. The Bertz CT molecular complexity index is 761. The van der Waals surface area contributed by atoms with E-state index in [4.69, 9.17) is 14.2 Å². The van der Waals surface area contributed by atoms with Crippen molar-refractivity contribution in [3.8, 4) is 17.2 Å². The molecule has 8 heteroatoms. The summed E-state index contributed by atoms with van der Waals surface area (Å²) in [7, 11) is 4.58. The monoisotopic (exact) mass is 331 g/mol. The van der Waals surface area contributed by atoms with E-state index in [0.717, 1.165) is 0 Å². The molecule has 2 aromatic carbocycles. The summed E-state index contributed by atoms with van der Waals surface area (Å²) in [5.74, 6) is 1.57. The third kappa shape index (κ3) is 3.72. The Morgan fingerprint density at radius 1 is 1.04 bits per heavy atom. The van der Waals surface area contributed by atoms with Crippen LogP contribution in [0.4, 0.5) is 11.4 Å². The first-order chi connectivity index (χ1) is 11.6. The van der Waals surface area contributed by atoms with Gasteiger partial charge in [0.05, 0.1) is 32.5 Å². The number of hydrazone groups is 1. The Balaban J connectivity index is 2.28. The standard InChI is InChI=1S/C16H17N3O5/c1-22-14-9-16(24-3)15(23-2)8-11(14)10-17-18-12-6-4-5-7-13(12)19(20)21/h4-10,18H,1-3H3/b17-10-. The second-order valence-electron chi connectivity index (χ2n) is 4.59. The van der Waals surface area contributed by atoms with E-state index < -0.39 is 4.92 Å². The number of benzene rings is 2. The summed E-state index contributed by atoms with van der Waals surface area (Å²) in [6.07, 6.45) is 1.48. The molecular formula is C16H17N3O5. The van der Waals surface area contributed by atoms with Crippen molar-refractivity contribution in [2.45, 2.75) is 0 Å². The molecule has 0 spiro atoms. The van der Waals surface area contributed by atoms with Crippen LogP contribution in [0.2, 0.25) is 0 Å². The molecule has 0 aliphatic carbocycles. The zero-order chi connectivity index (χ0) is 17.5. The van der Waals surface area contributed by atoms with Gasteiger partial charge in [-0.25, -0.2) is 0 Å². The van der Waals surface area contributed by atoms with Crippen molar-refractivity contribution in [1.29, 1.82) is 0 Å². The molecule has 0 saturated heterocycles. The third-order valence-electron chi connectivity index (χ3n) is 3.23. The first kappa shape index (κ1) is 17.1. The van der Waals surface area contributed by atoms with Gasteiger partial charge < -0.3 is 14.2 Å². The summed E-state index contributed by atoms with van der Waals surface area (Å²) in [6.45, 7) is 0. The van der Waals surface area contributed by atoms with Gasteiger partial charge in [0.1, 0.15) is 11.4 Å². The molecule has 24 heavy (non-hydrogen) atoms. The Kier molecular flexibility index (Phi) is 5.56. The number of rotatable bonds is 7. The molecule has 0 fully saturated rings. The van der Waals surface area contributed by atoms with E-state index in [-0.39, 0.29) is 11.4 Å². The Labute approximate surface area is 138 Å². The van der Waals surface area contributed by atoms with Gasteiger partial charge in [0.25, 0.3) is 5.69 Å². The van der Waals surface area contributed by atoms with Crippen molar-refractivity contribution >= 4 is 17.6 Å². The smallest absolute Gasteiger partial charge is 0.294 e. The maximum absolute atomic E-state index is 11.0. The normalized spacial score (nSPS) is 10.5. The summed E-state index contributed by atoms with van der Waals surface area (Å²) in [6, 6.07) is 9.61. The van der Waals surface area contributed by atoms with Crippen LogP contribution in [0.25, 0.3) is 0 Å². The molecule has 0 saturated carbocycles. The van der Waals surface area contributed by atoms with Crippen LogP contribution in [0, 0.1) is 10.1 Å². The summed E-state index contributed by atoms with van der Waals surface area (Å²) in [5, 5.41) is 15.0. The highest BCUT2D eigenvalue weighted by atomic mass is 16.6. The van der Waals surface area contributed by atoms with Crippen LogP contribution < -0.4 is 19.6 Å². The first-order valence-corrected chi connectivity index (χ1v) is 6.93. The zero-order valence-electron chi connectivity index (χ0n) is 13.5. The molecule has 0 bridgehead atoms. The molecular weight excluding hydrogens is 314 g/mol. The van der Waals surface area contributed by atoms with Gasteiger partial charge in [0.2, 0.25) is 0 Å². The van der Waals surface area contributed by atoms with Gasteiger partial charge in [-0.1, -0.05) is 12.1 Å². The number of nitrogens with one attached hydrogen (secondary N) is 1. The SMILES string of the molecule is COc1cc(OC)c(OC)cc1/C=N\Nc1ccccc1[N+](=O)[O-]. The lowest BCUT2D eigenvalue weighted by Gasteiger charge is -2.11. The minimum absolute atomic E-state index is 0.0612. The number of hydrogen-bond acceptors (Lipinski definition) is 7.